The third-order valence-corrected chi connectivity index (χ3v) is 5.98. The third kappa shape index (κ3) is 5.24. The second-order valence-corrected chi connectivity index (χ2v) is 7.99. The number of nitrogens with zero attached hydrogens (tertiary/aromatic N) is 2. The van der Waals surface area contributed by atoms with Crippen LogP contribution in [0.5, 0.6) is 0 Å². The van der Waals surface area contributed by atoms with Gasteiger partial charge in [0, 0.05) is 38.2 Å². The van der Waals surface area contributed by atoms with E-state index in [0.717, 1.165) is 44.7 Å². The van der Waals surface area contributed by atoms with Gasteiger partial charge < -0.3 is 4.90 Å². The summed E-state index contributed by atoms with van der Waals surface area (Å²) in [5.74, 6) is 0.252. The van der Waals surface area contributed by atoms with Crippen LogP contribution in [0, 0.1) is 0 Å². The molecule has 1 aliphatic heterocycles. The molecule has 0 saturated carbocycles. The first-order valence-corrected chi connectivity index (χ1v) is 11.0. The van der Waals surface area contributed by atoms with Gasteiger partial charge >= 0.3 is 0 Å². The summed E-state index contributed by atoms with van der Waals surface area (Å²) in [4.78, 5) is 17.4. The SMILES string of the molecule is O=C(CCCN1CCN(C(c2ccccc2)c2ccccc2)CC1)c1ccccc1. The molecule has 0 atom stereocenters. The van der Waals surface area contributed by atoms with E-state index in [9.17, 15) is 4.79 Å². The molecule has 0 radical (unpaired) electrons. The minimum Gasteiger partial charge on any atom is -0.301 e. The summed E-state index contributed by atoms with van der Waals surface area (Å²) in [6, 6.07) is 31.6. The topological polar surface area (TPSA) is 23.6 Å². The van der Waals surface area contributed by atoms with Gasteiger partial charge in [0.15, 0.2) is 5.78 Å². The fourth-order valence-electron chi connectivity index (χ4n) is 4.36. The standard InChI is InChI=1S/C27H30N2O/c30-26(23-11-4-1-5-12-23)17-10-18-28-19-21-29(22-20-28)27(24-13-6-2-7-14-24)25-15-8-3-9-16-25/h1-9,11-16,27H,10,17-22H2. The zero-order valence-corrected chi connectivity index (χ0v) is 17.5. The highest BCUT2D eigenvalue weighted by molar-refractivity contribution is 5.95. The Morgan fingerprint density at radius 3 is 1.73 bits per heavy atom. The fourth-order valence-corrected chi connectivity index (χ4v) is 4.36. The summed E-state index contributed by atoms with van der Waals surface area (Å²) < 4.78 is 0. The van der Waals surface area contributed by atoms with Crippen LogP contribution in [0.2, 0.25) is 0 Å². The average Bonchev–Trinajstić information content (AvgIpc) is 2.82. The van der Waals surface area contributed by atoms with Gasteiger partial charge in [-0.25, -0.2) is 0 Å². The van der Waals surface area contributed by atoms with Crippen molar-refractivity contribution in [2.24, 2.45) is 0 Å². The van der Waals surface area contributed by atoms with Crippen molar-refractivity contribution < 1.29 is 4.79 Å². The van der Waals surface area contributed by atoms with E-state index in [2.05, 4.69) is 70.5 Å². The second-order valence-electron chi connectivity index (χ2n) is 7.99. The quantitative estimate of drug-likeness (QED) is 0.496. The number of carbonyl (C=O) groups excluding carboxylic acids is 1. The lowest BCUT2D eigenvalue weighted by Gasteiger charge is -2.39. The van der Waals surface area contributed by atoms with Gasteiger partial charge in [-0.15, -0.1) is 0 Å². The average molecular weight is 399 g/mol. The predicted molar refractivity (Wildman–Crippen MR) is 123 cm³/mol. The fraction of sp³-hybridized carbons (Fsp3) is 0.296. The smallest absolute Gasteiger partial charge is 0.162 e. The summed E-state index contributed by atoms with van der Waals surface area (Å²) in [6.45, 7) is 5.18. The minimum absolute atomic E-state index is 0.252. The lowest BCUT2D eigenvalue weighted by molar-refractivity contribution is 0.0942. The lowest BCUT2D eigenvalue weighted by atomic mass is 9.96. The highest BCUT2D eigenvalue weighted by Gasteiger charge is 2.26. The van der Waals surface area contributed by atoms with Crippen LogP contribution in [0.3, 0.4) is 0 Å². The van der Waals surface area contributed by atoms with Crippen LogP contribution in [-0.2, 0) is 0 Å². The normalized spacial score (nSPS) is 15.4. The molecular formula is C27H30N2O. The Bertz CT molecular complexity index is 864. The van der Waals surface area contributed by atoms with E-state index < -0.39 is 0 Å². The van der Waals surface area contributed by atoms with Crippen molar-refractivity contribution in [1.29, 1.82) is 0 Å². The molecule has 154 valence electrons. The van der Waals surface area contributed by atoms with Crippen LogP contribution in [0.25, 0.3) is 0 Å². The molecule has 1 fully saturated rings. The molecule has 1 saturated heterocycles. The molecule has 0 aliphatic carbocycles. The summed E-state index contributed by atoms with van der Waals surface area (Å²) in [7, 11) is 0. The van der Waals surface area contributed by atoms with Gasteiger partial charge in [0.05, 0.1) is 6.04 Å². The molecule has 3 aromatic carbocycles. The largest absolute Gasteiger partial charge is 0.301 e. The molecule has 3 aromatic rings. The zero-order chi connectivity index (χ0) is 20.6. The number of Topliss-reactive ketones (excluding diaryl/α,β-unsaturated/α-hetero) is 1. The summed E-state index contributed by atoms with van der Waals surface area (Å²) >= 11 is 0. The maximum atomic E-state index is 12.3. The molecular weight excluding hydrogens is 368 g/mol. The van der Waals surface area contributed by atoms with Gasteiger partial charge in [-0.1, -0.05) is 91.0 Å². The Labute approximate surface area is 180 Å². The van der Waals surface area contributed by atoms with E-state index in [4.69, 9.17) is 0 Å². The van der Waals surface area contributed by atoms with Crippen molar-refractivity contribution in [2.75, 3.05) is 32.7 Å². The number of piperazine rings is 1. The van der Waals surface area contributed by atoms with Crippen LogP contribution in [-0.4, -0.2) is 48.3 Å². The molecule has 0 spiro atoms. The van der Waals surface area contributed by atoms with Crippen molar-refractivity contribution in [3.63, 3.8) is 0 Å². The summed E-state index contributed by atoms with van der Waals surface area (Å²) in [6.07, 6.45) is 1.55. The van der Waals surface area contributed by atoms with Crippen molar-refractivity contribution >= 4 is 5.78 Å². The van der Waals surface area contributed by atoms with Gasteiger partial charge in [-0.05, 0) is 24.1 Å². The van der Waals surface area contributed by atoms with Crippen LogP contribution >= 0.6 is 0 Å². The molecule has 3 heteroatoms. The number of carbonyl (C=O) groups is 1. The third-order valence-electron chi connectivity index (χ3n) is 5.98. The highest BCUT2D eigenvalue weighted by Crippen LogP contribution is 2.29. The van der Waals surface area contributed by atoms with Gasteiger partial charge in [-0.3, -0.25) is 9.69 Å². The molecule has 3 nitrogen and oxygen atoms in total. The first-order valence-electron chi connectivity index (χ1n) is 11.0. The number of hydrogen-bond donors (Lipinski definition) is 0. The summed E-state index contributed by atoms with van der Waals surface area (Å²) in [5.41, 5.74) is 3.53. The zero-order valence-electron chi connectivity index (χ0n) is 17.5. The number of rotatable bonds is 8. The van der Waals surface area contributed by atoms with Gasteiger partial charge in [-0.2, -0.15) is 0 Å². The molecule has 0 amide bonds. The predicted octanol–water partition coefficient (Wildman–Crippen LogP) is 5.06. The first kappa shape index (κ1) is 20.5. The first-order chi connectivity index (χ1) is 14.8. The second kappa shape index (κ2) is 10.3. The van der Waals surface area contributed by atoms with E-state index >= 15 is 0 Å². The Morgan fingerprint density at radius 1 is 0.700 bits per heavy atom. The van der Waals surface area contributed by atoms with Crippen LogP contribution in [0.15, 0.2) is 91.0 Å². The highest BCUT2D eigenvalue weighted by atomic mass is 16.1. The molecule has 1 aliphatic rings. The summed E-state index contributed by atoms with van der Waals surface area (Å²) in [5, 5.41) is 0. The van der Waals surface area contributed by atoms with Crippen LogP contribution in [0.4, 0.5) is 0 Å². The van der Waals surface area contributed by atoms with Crippen molar-refractivity contribution in [1.82, 2.24) is 9.80 Å². The Morgan fingerprint density at radius 2 is 1.20 bits per heavy atom. The molecule has 0 aromatic heterocycles. The minimum atomic E-state index is 0.252. The van der Waals surface area contributed by atoms with E-state index in [0.29, 0.717) is 12.5 Å². The Balaban J connectivity index is 1.32. The van der Waals surface area contributed by atoms with E-state index in [1.807, 2.05) is 30.3 Å². The van der Waals surface area contributed by atoms with E-state index in [-0.39, 0.29) is 5.78 Å². The molecule has 4 rings (SSSR count). The van der Waals surface area contributed by atoms with Crippen LogP contribution < -0.4 is 0 Å². The van der Waals surface area contributed by atoms with Crippen molar-refractivity contribution in [3.8, 4) is 0 Å². The Kier molecular flexibility index (Phi) is 7.07. The molecule has 1 heterocycles. The lowest BCUT2D eigenvalue weighted by Crippen LogP contribution is -2.48. The molecule has 0 N–H and O–H groups in total. The number of hydrogen-bond acceptors (Lipinski definition) is 3. The van der Waals surface area contributed by atoms with Crippen molar-refractivity contribution in [2.45, 2.75) is 18.9 Å². The van der Waals surface area contributed by atoms with E-state index in [1.165, 1.54) is 11.1 Å². The maximum absolute atomic E-state index is 12.3. The number of benzene rings is 3. The van der Waals surface area contributed by atoms with Gasteiger partial charge in [0.1, 0.15) is 0 Å². The van der Waals surface area contributed by atoms with Gasteiger partial charge in [0.2, 0.25) is 0 Å². The molecule has 30 heavy (non-hydrogen) atoms. The monoisotopic (exact) mass is 398 g/mol. The number of ketones is 1. The Hall–Kier alpha value is -2.75. The van der Waals surface area contributed by atoms with Crippen molar-refractivity contribution in [3.05, 3.63) is 108 Å². The maximum Gasteiger partial charge on any atom is 0.162 e. The van der Waals surface area contributed by atoms with E-state index in [1.54, 1.807) is 0 Å². The van der Waals surface area contributed by atoms with Gasteiger partial charge in [0.25, 0.3) is 0 Å². The molecule has 0 bridgehead atoms. The van der Waals surface area contributed by atoms with Crippen LogP contribution in [0.1, 0.15) is 40.4 Å². The molecule has 0 unspecified atom stereocenters.